The molecule has 0 aliphatic heterocycles. The molecule has 0 saturated carbocycles. The highest BCUT2D eigenvalue weighted by Gasteiger charge is 2.17. The zero-order chi connectivity index (χ0) is 16.6. The van der Waals surface area contributed by atoms with Gasteiger partial charge in [-0.1, -0.05) is 29.8 Å². The lowest BCUT2D eigenvalue weighted by Crippen LogP contribution is -2.08. The second-order valence-corrected chi connectivity index (χ2v) is 5.17. The van der Waals surface area contributed by atoms with Crippen molar-refractivity contribution in [2.45, 2.75) is 6.92 Å². The highest BCUT2D eigenvalue weighted by Crippen LogP contribution is 2.31. The summed E-state index contributed by atoms with van der Waals surface area (Å²) in [6, 6.07) is 7.19. The van der Waals surface area contributed by atoms with Gasteiger partial charge in [0.05, 0.1) is 10.6 Å². The Labute approximate surface area is 135 Å². The van der Waals surface area contributed by atoms with Crippen LogP contribution in [0.5, 0.6) is 0 Å². The lowest BCUT2D eigenvalue weighted by molar-refractivity contribution is -0.384. The smallest absolute Gasteiger partial charge is 0.307 e. The summed E-state index contributed by atoms with van der Waals surface area (Å²) < 4.78 is 1.30. The predicted molar refractivity (Wildman–Crippen MR) is 85.4 cm³/mol. The van der Waals surface area contributed by atoms with E-state index in [0.29, 0.717) is 27.7 Å². The molecule has 0 fully saturated rings. The second kappa shape index (κ2) is 5.65. The molecule has 23 heavy (non-hydrogen) atoms. The van der Waals surface area contributed by atoms with Crippen LogP contribution in [0.2, 0.25) is 5.02 Å². The van der Waals surface area contributed by atoms with Gasteiger partial charge in [-0.15, -0.1) is 0 Å². The Hall–Kier alpha value is -3.00. The monoisotopic (exact) mass is 330 g/mol. The van der Waals surface area contributed by atoms with Crippen molar-refractivity contribution in [1.29, 1.82) is 0 Å². The number of anilines is 1. The van der Waals surface area contributed by atoms with Gasteiger partial charge in [0.1, 0.15) is 12.4 Å². The highest BCUT2D eigenvalue weighted by atomic mass is 35.5. The number of halogens is 1. The minimum Gasteiger partial charge on any atom is -0.368 e. The standard InChI is InChI=1S/C14H11ClN6O2/c1-8-12(10-4-2-3-5-11(10)15)18-14(16)19-13(8)20-7-9(6-17-20)21(22)23/h2-7H,1H3,(H2,16,18,19). The Kier molecular flexibility index (Phi) is 3.67. The van der Waals surface area contributed by atoms with E-state index in [0.717, 1.165) is 6.20 Å². The van der Waals surface area contributed by atoms with Crippen LogP contribution < -0.4 is 5.73 Å². The number of hydrogen-bond donors (Lipinski definition) is 1. The Morgan fingerprint density at radius 2 is 2.04 bits per heavy atom. The molecular formula is C14H11ClN6O2. The van der Waals surface area contributed by atoms with Gasteiger partial charge in [-0.05, 0) is 13.0 Å². The number of nitrogens with two attached hydrogens (primary N) is 1. The molecule has 1 aromatic carbocycles. The number of nitrogens with zero attached hydrogens (tertiary/aromatic N) is 5. The Morgan fingerprint density at radius 3 is 2.70 bits per heavy atom. The van der Waals surface area contributed by atoms with Crippen molar-refractivity contribution in [3.05, 3.63) is 57.4 Å². The zero-order valence-electron chi connectivity index (χ0n) is 12.0. The minimum atomic E-state index is -0.529. The zero-order valence-corrected chi connectivity index (χ0v) is 12.7. The average molecular weight is 331 g/mol. The molecule has 9 heteroatoms. The maximum Gasteiger partial charge on any atom is 0.307 e. The number of nitrogen functional groups attached to an aromatic ring is 1. The normalized spacial score (nSPS) is 10.7. The molecule has 2 N–H and O–H groups in total. The van der Waals surface area contributed by atoms with Crippen LogP contribution in [-0.2, 0) is 0 Å². The van der Waals surface area contributed by atoms with E-state index in [1.807, 2.05) is 18.2 Å². The molecule has 2 heterocycles. The van der Waals surface area contributed by atoms with Gasteiger partial charge in [-0.25, -0.2) is 9.67 Å². The number of aromatic nitrogens is 4. The SMILES string of the molecule is Cc1c(-c2ccccc2Cl)nc(N)nc1-n1cc([N+](=O)[O-])cn1. The Morgan fingerprint density at radius 1 is 1.30 bits per heavy atom. The molecule has 0 spiro atoms. The molecule has 116 valence electrons. The maximum atomic E-state index is 10.8. The van der Waals surface area contributed by atoms with Gasteiger partial charge >= 0.3 is 5.69 Å². The van der Waals surface area contributed by atoms with Crippen molar-refractivity contribution in [3.63, 3.8) is 0 Å². The van der Waals surface area contributed by atoms with Gasteiger partial charge in [0.15, 0.2) is 5.82 Å². The molecule has 3 rings (SSSR count). The van der Waals surface area contributed by atoms with Crippen LogP contribution in [0.4, 0.5) is 11.6 Å². The number of rotatable bonds is 3. The summed E-state index contributed by atoms with van der Waals surface area (Å²) in [6.45, 7) is 1.78. The fraction of sp³-hybridized carbons (Fsp3) is 0.0714. The second-order valence-electron chi connectivity index (χ2n) is 4.76. The molecule has 0 atom stereocenters. The number of benzene rings is 1. The topological polar surface area (TPSA) is 113 Å². The quantitative estimate of drug-likeness (QED) is 0.583. The van der Waals surface area contributed by atoms with Crippen molar-refractivity contribution in [3.8, 4) is 17.1 Å². The van der Waals surface area contributed by atoms with Crippen LogP contribution in [0.3, 0.4) is 0 Å². The van der Waals surface area contributed by atoms with E-state index in [4.69, 9.17) is 17.3 Å². The molecule has 0 radical (unpaired) electrons. The van der Waals surface area contributed by atoms with Crippen molar-refractivity contribution in [2.75, 3.05) is 5.73 Å². The lowest BCUT2D eigenvalue weighted by atomic mass is 10.1. The lowest BCUT2D eigenvalue weighted by Gasteiger charge is -2.11. The van der Waals surface area contributed by atoms with Crippen LogP contribution in [0.1, 0.15) is 5.56 Å². The van der Waals surface area contributed by atoms with Gasteiger partial charge in [0, 0.05) is 16.1 Å². The summed E-state index contributed by atoms with van der Waals surface area (Å²) in [7, 11) is 0. The first-order chi connectivity index (χ1) is 11.0. The molecule has 0 unspecified atom stereocenters. The fourth-order valence-electron chi connectivity index (χ4n) is 2.18. The van der Waals surface area contributed by atoms with E-state index in [1.165, 1.54) is 10.9 Å². The van der Waals surface area contributed by atoms with E-state index in [9.17, 15) is 10.1 Å². The summed E-state index contributed by atoms with van der Waals surface area (Å²) >= 11 is 6.21. The predicted octanol–water partition coefficient (Wildman–Crippen LogP) is 2.78. The summed E-state index contributed by atoms with van der Waals surface area (Å²) in [6.07, 6.45) is 2.41. The first-order valence-electron chi connectivity index (χ1n) is 6.56. The molecule has 0 bridgehead atoms. The largest absolute Gasteiger partial charge is 0.368 e. The maximum absolute atomic E-state index is 10.8. The third-order valence-electron chi connectivity index (χ3n) is 3.26. The van der Waals surface area contributed by atoms with Crippen LogP contribution in [0.15, 0.2) is 36.7 Å². The van der Waals surface area contributed by atoms with Crippen LogP contribution in [0.25, 0.3) is 17.1 Å². The van der Waals surface area contributed by atoms with Gasteiger partial charge in [-0.2, -0.15) is 10.1 Å². The van der Waals surface area contributed by atoms with E-state index in [2.05, 4.69) is 15.1 Å². The van der Waals surface area contributed by atoms with E-state index in [-0.39, 0.29) is 11.6 Å². The molecular weight excluding hydrogens is 320 g/mol. The number of hydrogen-bond acceptors (Lipinski definition) is 6. The summed E-state index contributed by atoms with van der Waals surface area (Å²) in [5, 5.41) is 15.3. The van der Waals surface area contributed by atoms with Crippen LogP contribution in [-0.4, -0.2) is 24.7 Å². The fourth-order valence-corrected chi connectivity index (χ4v) is 2.41. The van der Waals surface area contributed by atoms with Crippen molar-refractivity contribution < 1.29 is 4.92 Å². The third kappa shape index (κ3) is 2.71. The Balaban J connectivity index is 2.19. The third-order valence-corrected chi connectivity index (χ3v) is 3.59. The van der Waals surface area contributed by atoms with Crippen LogP contribution >= 0.6 is 11.6 Å². The Bertz CT molecular complexity index is 908. The van der Waals surface area contributed by atoms with Crippen LogP contribution in [0, 0.1) is 17.0 Å². The first-order valence-corrected chi connectivity index (χ1v) is 6.93. The molecule has 0 amide bonds. The molecule has 2 aromatic heterocycles. The first kappa shape index (κ1) is 14.9. The van der Waals surface area contributed by atoms with Crippen molar-refractivity contribution in [2.24, 2.45) is 0 Å². The summed E-state index contributed by atoms with van der Waals surface area (Å²) in [4.78, 5) is 18.7. The van der Waals surface area contributed by atoms with E-state index < -0.39 is 4.92 Å². The highest BCUT2D eigenvalue weighted by molar-refractivity contribution is 6.33. The van der Waals surface area contributed by atoms with Crippen molar-refractivity contribution in [1.82, 2.24) is 19.7 Å². The molecule has 3 aromatic rings. The minimum absolute atomic E-state index is 0.0265. The molecule has 8 nitrogen and oxygen atoms in total. The van der Waals surface area contributed by atoms with Gasteiger partial charge in [-0.3, -0.25) is 10.1 Å². The molecule has 0 saturated heterocycles. The van der Waals surface area contributed by atoms with Crippen molar-refractivity contribution >= 4 is 23.2 Å². The average Bonchev–Trinajstić information content (AvgIpc) is 3.00. The van der Waals surface area contributed by atoms with Gasteiger partial charge in [0.2, 0.25) is 5.95 Å². The van der Waals surface area contributed by atoms with E-state index >= 15 is 0 Å². The summed E-state index contributed by atoms with van der Waals surface area (Å²) in [5.41, 5.74) is 7.55. The molecule has 0 aliphatic carbocycles. The number of nitro groups is 1. The van der Waals surface area contributed by atoms with Gasteiger partial charge in [0.25, 0.3) is 0 Å². The van der Waals surface area contributed by atoms with Gasteiger partial charge < -0.3 is 5.73 Å². The summed E-state index contributed by atoms with van der Waals surface area (Å²) in [5.74, 6) is 0.388. The van der Waals surface area contributed by atoms with E-state index in [1.54, 1.807) is 13.0 Å². The molecule has 0 aliphatic rings.